The Kier molecular flexibility index (Phi) is 3.36. The van der Waals surface area contributed by atoms with Crippen LogP contribution in [0.1, 0.15) is 11.5 Å². The Morgan fingerprint density at radius 2 is 2.28 bits per heavy atom. The molecule has 18 heavy (non-hydrogen) atoms. The first kappa shape index (κ1) is 12.2. The fourth-order valence-electron chi connectivity index (χ4n) is 1.42. The van der Waals surface area contributed by atoms with Crippen molar-refractivity contribution in [1.29, 1.82) is 0 Å². The molecule has 1 aromatic heterocycles. The van der Waals surface area contributed by atoms with E-state index < -0.39 is 5.97 Å². The summed E-state index contributed by atoms with van der Waals surface area (Å²) < 4.78 is 22.5. The van der Waals surface area contributed by atoms with Crippen LogP contribution in [0.15, 0.2) is 22.7 Å². The van der Waals surface area contributed by atoms with Crippen LogP contribution in [0.4, 0.5) is 4.39 Å². The largest absolute Gasteiger partial charge is 0.469 e. The van der Waals surface area contributed by atoms with E-state index in [1.54, 1.807) is 19.1 Å². The van der Waals surface area contributed by atoms with E-state index in [1.807, 2.05) is 0 Å². The van der Waals surface area contributed by atoms with Gasteiger partial charge >= 0.3 is 5.97 Å². The van der Waals surface area contributed by atoms with Crippen molar-refractivity contribution in [1.82, 2.24) is 10.1 Å². The molecule has 0 fully saturated rings. The van der Waals surface area contributed by atoms with E-state index in [-0.39, 0.29) is 18.1 Å². The molecule has 0 N–H and O–H groups in total. The van der Waals surface area contributed by atoms with Crippen LogP contribution in [-0.2, 0) is 16.0 Å². The van der Waals surface area contributed by atoms with Crippen LogP contribution >= 0.6 is 0 Å². The van der Waals surface area contributed by atoms with Gasteiger partial charge in [-0.1, -0.05) is 5.16 Å². The molecule has 0 amide bonds. The number of aryl methyl sites for hydroxylation is 1. The van der Waals surface area contributed by atoms with Crippen LogP contribution in [0.5, 0.6) is 0 Å². The molecule has 0 spiro atoms. The third kappa shape index (κ3) is 2.53. The van der Waals surface area contributed by atoms with Gasteiger partial charge in [-0.15, -0.1) is 0 Å². The van der Waals surface area contributed by atoms with Gasteiger partial charge in [0.2, 0.25) is 11.7 Å². The normalized spacial score (nSPS) is 10.4. The monoisotopic (exact) mass is 250 g/mol. The summed E-state index contributed by atoms with van der Waals surface area (Å²) in [6.45, 7) is 1.65. The van der Waals surface area contributed by atoms with E-state index in [0.29, 0.717) is 17.0 Å². The lowest BCUT2D eigenvalue weighted by molar-refractivity contribution is -0.140. The Labute approximate surface area is 103 Å². The highest BCUT2D eigenvalue weighted by Crippen LogP contribution is 2.19. The summed E-state index contributed by atoms with van der Waals surface area (Å²) >= 11 is 0. The van der Waals surface area contributed by atoms with Crippen molar-refractivity contribution in [2.45, 2.75) is 13.3 Å². The fraction of sp³-hybridized carbons (Fsp3) is 0.250. The number of ether oxygens (including phenoxy) is 1. The van der Waals surface area contributed by atoms with Gasteiger partial charge in [0.15, 0.2) is 0 Å². The van der Waals surface area contributed by atoms with Crippen molar-refractivity contribution in [2.24, 2.45) is 0 Å². The molecule has 5 nitrogen and oxygen atoms in total. The number of rotatable bonds is 3. The number of methoxy groups -OCH3 is 1. The molecule has 0 aliphatic rings. The molecule has 0 saturated heterocycles. The van der Waals surface area contributed by atoms with E-state index in [9.17, 15) is 9.18 Å². The summed E-state index contributed by atoms with van der Waals surface area (Å²) in [5.41, 5.74) is 1.13. The molecule has 1 heterocycles. The topological polar surface area (TPSA) is 65.2 Å². The number of carbonyl (C=O) groups excluding carboxylic acids is 1. The molecule has 0 atom stereocenters. The Morgan fingerprint density at radius 3 is 2.94 bits per heavy atom. The maximum atomic E-state index is 13.1. The molecule has 0 unspecified atom stereocenters. The zero-order valence-electron chi connectivity index (χ0n) is 9.94. The minimum atomic E-state index is -0.458. The maximum Gasteiger partial charge on any atom is 0.315 e. The van der Waals surface area contributed by atoms with Crippen LogP contribution in [0, 0.1) is 12.7 Å². The highest BCUT2D eigenvalue weighted by molar-refractivity contribution is 5.71. The molecule has 0 aliphatic heterocycles. The summed E-state index contributed by atoms with van der Waals surface area (Å²) in [5, 5.41) is 3.73. The van der Waals surface area contributed by atoms with E-state index in [4.69, 9.17) is 4.52 Å². The van der Waals surface area contributed by atoms with E-state index >= 15 is 0 Å². The number of esters is 1. The zero-order valence-corrected chi connectivity index (χ0v) is 9.94. The first-order valence-electron chi connectivity index (χ1n) is 5.26. The van der Waals surface area contributed by atoms with Gasteiger partial charge in [0.25, 0.3) is 0 Å². The van der Waals surface area contributed by atoms with Crippen molar-refractivity contribution in [3.8, 4) is 11.4 Å². The summed E-state index contributed by atoms with van der Waals surface area (Å²) in [6.07, 6.45) is -0.0797. The Bertz CT molecular complexity index is 580. The first-order valence-corrected chi connectivity index (χ1v) is 5.26. The first-order chi connectivity index (χ1) is 8.60. The van der Waals surface area contributed by atoms with E-state index in [0.717, 1.165) is 0 Å². The van der Waals surface area contributed by atoms with Crippen LogP contribution in [0.25, 0.3) is 11.4 Å². The lowest BCUT2D eigenvalue weighted by Gasteiger charge is -1.97. The van der Waals surface area contributed by atoms with E-state index in [2.05, 4.69) is 14.9 Å². The molecular weight excluding hydrogens is 239 g/mol. The van der Waals surface area contributed by atoms with Crippen molar-refractivity contribution < 1.29 is 18.4 Å². The number of hydrogen-bond donors (Lipinski definition) is 0. The fourth-order valence-corrected chi connectivity index (χ4v) is 1.42. The molecule has 0 aliphatic carbocycles. The molecule has 6 heteroatoms. The standard InChI is InChI=1S/C12H11FN2O3/c1-7-5-8(3-4-9(7)13)12-14-10(18-15-12)6-11(16)17-2/h3-5H,6H2,1-2H3. The summed E-state index contributed by atoms with van der Waals surface area (Å²) in [7, 11) is 1.28. The van der Waals surface area contributed by atoms with Crippen molar-refractivity contribution in [2.75, 3.05) is 7.11 Å². The second kappa shape index (κ2) is 4.95. The van der Waals surface area contributed by atoms with Crippen molar-refractivity contribution >= 4 is 5.97 Å². The smallest absolute Gasteiger partial charge is 0.315 e. The number of halogens is 1. The van der Waals surface area contributed by atoms with Gasteiger partial charge in [-0.2, -0.15) is 4.98 Å². The number of benzene rings is 1. The Hall–Kier alpha value is -2.24. The lowest BCUT2D eigenvalue weighted by Crippen LogP contribution is -2.04. The number of carbonyl (C=O) groups is 1. The van der Waals surface area contributed by atoms with E-state index in [1.165, 1.54) is 13.2 Å². The predicted octanol–water partition coefficient (Wildman–Crippen LogP) is 1.90. The van der Waals surface area contributed by atoms with Crippen LogP contribution < -0.4 is 0 Å². The van der Waals surface area contributed by atoms with Crippen molar-refractivity contribution in [3.63, 3.8) is 0 Å². The predicted molar refractivity (Wildman–Crippen MR) is 60.1 cm³/mol. The molecule has 2 rings (SSSR count). The quantitative estimate of drug-likeness (QED) is 0.778. The average molecular weight is 250 g/mol. The van der Waals surface area contributed by atoms with Gasteiger partial charge in [-0.3, -0.25) is 4.79 Å². The molecule has 0 radical (unpaired) electrons. The molecule has 94 valence electrons. The minimum absolute atomic E-state index is 0.0797. The van der Waals surface area contributed by atoms with Gasteiger partial charge in [0.05, 0.1) is 7.11 Å². The molecular formula is C12H11FN2O3. The second-order valence-corrected chi connectivity index (χ2v) is 3.73. The molecule has 0 bridgehead atoms. The summed E-state index contributed by atoms with van der Waals surface area (Å²) in [4.78, 5) is 15.1. The van der Waals surface area contributed by atoms with Crippen LogP contribution in [0.2, 0.25) is 0 Å². The van der Waals surface area contributed by atoms with Gasteiger partial charge < -0.3 is 9.26 Å². The van der Waals surface area contributed by atoms with Crippen molar-refractivity contribution in [3.05, 3.63) is 35.5 Å². The highest BCUT2D eigenvalue weighted by Gasteiger charge is 2.13. The molecule has 0 saturated carbocycles. The summed E-state index contributed by atoms with van der Waals surface area (Å²) in [6, 6.07) is 4.50. The molecule has 1 aromatic carbocycles. The van der Waals surface area contributed by atoms with Gasteiger partial charge in [-0.25, -0.2) is 4.39 Å². The number of hydrogen-bond acceptors (Lipinski definition) is 5. The Balaban J connectivity index is 2.23. The SMILES string of the molecule is COC(=O)Cc1nc(-c2ccc(F)c(C)c2)no1. The van der Waals surface area contributed by atoms with Gasteiger partial charge in [0, 0.05) is 5.56 Å². The zero-order chi connectivity index (χ0) is 13.1. The maximum absolute atomic E-state index is 13.1. The minimum Gasteiger partial charge on any atom is -0.469 e. The average Bonchev–Trinajstić information content (AvgIpc) is 2.81. The van der Waals surface area contributed by atoms with Gasteiger partial charge in [-0.05, 0) is 30.7 Å². The third-order valence-corrected chi connectivity index (χ3v) is 2.41. The van der Waals surface area contributed by atoms with Gasteiger partial charge in [0.1, 0.15) is 12.2 Å². The van der Waals surface area contributed by atoms with Crippen LogP contribution in [0.3, 0.4) is 0 Å². The second-order valence-electron chi connectivity index (χ2n) is 3.73. The summed E-state index contributed by atoms with van der Waals surface area (Å²) in [5.74, 6) is -0.270. The lowest BCUT2D eigenvalue weighted by atomic mass is 10.1. The Morgan fingerprint density at radius 1 is 1.50 bits per heavy atom. The number of aromatic nitrogens is 2. The molecule has 2 aromatic rings. The highest BCUT2D eigenvalue weighted by atomic mass is 19.1. The third-order valence-electron chi connectivity index (χ3n) is 2.41. The number of nitrogens with zero attached hydrogens (tertiary/aromatic N) is 2. The van der Waals surface area contributed by atoms with Crippen LogP contribution in [-0.4, -0.2) is 23.2 Å².